The number of carbonyl (C=O) groups excluding carboxylic acids is 1. The van der Waals surface area contributed by atoms with Crippen LogP contribution in [-0.4, -0.2) is 54.9 Å². The van der Waals surface area contributed by atoms with E-state index in [1.807, 2.05) is 0 Å². The molecule has 6 nitrogen and oxygen atoms in total. The Kier molecular flexibility index (Phi) is 4.72. The van der Waals surface area contributed by atoms with Gasteiger partial charge in [0.1, 0.15) is 9.84 Å². The second-order valence-corrected chi connectivity index (χ2v) is 7.14. The lowest BCUT2D eigenvalue weighted by Gasteiger charge is -2.36. The van der Waals surface area contributed by atoms with Crippen LogP contribution in [0, 0.1) is 5.92 Å². The van der Waals surface area contributed by atoms with E-state index < -0.39 is 21.7 Å². The van der Waals surface area contributed by atoms with E-state index in [1.165, 1.54) is 0 Å². The van der Waals surface area contributed by atoms with Crippen LogP contribution < -0.4 is 0 Å². The molecule has 0 aromatic heterocycles. The minimum Gasteiger partial charge on any atom is -0.481 e. The van der Waals surface area contributed by atoms with E-state index in [2.05, 4.69) is 0 Å². The molecule has 1 heterocycles. The zero-order valence-corrected chi connectivity index (χ0v) is 11.4. The number of carbonyl (C=O) groups is 2. The first-order valence-corrected chi connectivity index (χ1v) is 7.96. The molecule has 104 valence electrons. The fraction of sp³-hybridized carbons (Fsp3) is 0.818. The first-order valence-electron chi connectivity index (χ1n) is 5.90. The van der Waals surface area contributed by atoms with Crippen molar-refractivity contribution in [3.05, 3.63) is 0 Å². The zero-order chi connectivity index (χ0) is 13.9. The Morgan fingerprint density at radius 2 is 2.00 bits per heavy atom. The molecular formula is C11H19NO5S. The lowest BCUT2D eigenvalue weighted by Crippen LogP contribution is -2.46. The number of likely N-dealkylation sites (tertiary alicyclic amines) is 1. The number of hydrogen-bond acceptors (Lipinski definition) is 4. The normalized spacial score (nSPS) is 24.9. The van der Waals surface area contributed by atoms with Gasteiger partial charge >= 0.3 is 5.97 Å². The van der Waals surface area contributed by atoms with Gasteiger partial charge in [-0.2, -0.15) is 0 Å². The van der Waals surface area contributed by atoms with E-state index in [-0.39, 0.29) is 24.1 Å². The van der Waals surface area contributed by atoms with Gasteiger partial charge in [0.05, 0.1) is 11.7 Å². The summed E-state index contributed by atoms with van der Waals surface area (Å²) < 4.78 is 22.0. The van der Waals surface area contributed by atoms with Crippen LogP contribution in [0.1, 0.15) is 26.2 Å². The van der Waals surface area contributed by atoms with Crippen molar-refractivity contribution in [1.29, 1.82) is 0 Å². The average molecular weight is 277 g/mol. The van der Waals surface area contributed by atoms with Gasteiger partial charge in [0.25, 0.3) is 0 Å². The van der Waals surface area contributed by atoms with Gasteiger partial charge in [-0.25, -0.2) is 8.42 Å². The van der Waals surface area contributed by atoms with Crippen molar-refractivity contribution >= 4 is 21.7 Å². The van der Waals surface area contributed by atoms with E-state index in [9.17, 15) is 18.0 Å². The second kappa shape index (κ2) is 5.69. The smallest absolute Gasteiger partial charge is 0.306 e. The first-order chi connectivity index (χ1) is 8.20. The van der Waals surface area contributed by atoms with Gasteiger partial charge in [0, 0.05) is 25.3 Å². The molecule has 0 aromatic rings. The van der Waals surface area contributed by atoms with Gasteiger partial charge in [0.2, 0.25) is 5.91 Å². The lowest BCUT2D eigenvalue weighted by molar-refractivity contribution is -0.147. The van der Waals surface area contributed by atoms with Crippen molar-refractivity contribution in [3.63, 3.8) is 0 Å². The highest BCUT2D eigenvalue weighted by Crippen LogP contribution is 2.23. The molecule has 1 saturated heterocycles. The highest BCUT2D eigenvalue weighted by atomic mass is 32.2. The molecule has 1 N–H and O–H groups in total. The van der Waals surface area contributed by atoms with Crippen LogP contribution in [0.5, 0.6) is 0 Å². The number of aliphatic carboxylic acids is 1. The summed E-state index contributed by atoms with van der Waals surface area (Å²) in [6, 6.07) is -0.146. The van der Waals surface area contributed by atoms with Crippen LogP contribution in [-0.2, 0) is 19.4 Å². The van der Waals surface area contributed by atoms with Gasteiger partial charge in [0.15, 0.2) is 0 Å². The summed E-state index contributed by atoms with van der Waals surface area (Å²) in [6.07, 6.45) is 1.94. The van der Waals surface area contributed by atoms with Crippen molar-refractivity contribution < 1.29 is 23.1 Å². The minimum absolute atomic E-state index is 0.0269. The maximum absolute atomic E-state index is 11.8. The van der Waals surface area contributed by atoms with Gasteiger partial charge in [-0.15, -0.1) is 0 Å². The Morgan fingerprint density at radius 3 is 2.44 bits per heavy atom. The summed E-state index contributed by atoms with van der Waals surface area (Å²) in [7, 11) is -3.14. The largest absolute Gasteiger partial charge is 0.481 e. The van der Waals surface area contributed by atoms with Crippen LogP contribution in [0.3, 0.4) is 0 Å². The first kappa shape index (κ1) is 14.9. The lowest BCUT2D eigenvalue weighted by atomic mass is 9.91. The van der Waals surface area contributed by atoms with Gasteiger partial charge in [-0.1, -0.05) is 0 Å². The standard InChI is InChI=1S/C11H19NO5S/c1-8-7-9(11(14)15)3-5-12(8)10(13)4-6-18(2,16)17/h8-9H,3-7H2,1-2H3,(H,14,15). The van der Waals surface area contributed by atoms with Crippen molar-refractivity contribution in [2.75, 3.05) is 18.6 Å². The molecule has 1 aliphatic heterocycles. The number of hydrogen-bond donors (Lipinski definition) is 1. The molecule has 18 heavy (non-hydrogen) atoms. The SMILES string of the molecule is CC1CC(C(=O)O)CCN1C(=O)CCS(C)(=O)=O. The molecule has 0 aliphatic carbocycles. The predicted molar refractivity (Wildman–Crippen MR) is 65.9 cm³/mol. The predicted octanol–water partition coefficient (Wildman–Crippen LogP) is 0.133. The van der Waals surface area contributed by atoms with Crippen LogP contribution in [0.4, 0.5) is 0 Å². The Bertz CT molecular complexity index is 431. The Labute approximate surface area is 107 Å². The van der Waals surface area contributed by atoms with Crippen molar-refractivity contribution in [1.82, 2.24) is 4.90 Å². The highest BCUT2D eigenvalue weighted by molar-refractivity contribution is 7.90. The highest BCUT2D eigenvalue weighted by Gasteiger charge is 2.32. The zero-order valence-electron chi connectivity index (χ0n) is 10.6. The Hall–Kier alpha value is -1.11. The number of sulfone groups is 1. The van der Waals surface area contributed by atoms with Gasteiger partial charge in [-0.05, 0) is 19.8 Å². The van der Waals surface area contributed by atoms with E-state index in [0.29, 0.717) is 19.4 Å². The summed E-state index contributed by atoms with van der Waals surface area (Å²) >= 11 is 0. The number of nitrogens with zero attached hydrogens (tertiary/aromatic N) is 1. The average Bonchev–Trinajstić information content (AvgIpc) is 2.24. The molecule has 1 amide bonds. The monoisotopic (exact) mass is 277 g/mol. The maximum Gasteiger partial charge on any atom is 0.306 e. The van der Waals surface area contributed by atoms with Crippen LogP contribution in [0.25, 0.3) is 0 Å². The maximum atomic E-state index is 11.8. The molecule has 0 bridgehead atoms. The number of rotatable bonds is 4. The minimum atomic E-state index is -3.14. The summed E-state index contributed by atoms with van der Waals surface area (Å²) in [5.74, 6) is -1.60. The van der Waals surface area contributed by atoms with Crippen LogP contribution in [0.15, 0.2) is 0 Å². The molecule has 1 rings (SSSR count). The van der Waals surface area contributed by atoms with E-state index in [1.54, 1.807) is 11.8 Å². The third kappa shape index (κ3) is 4.29. The fourth-order valence-electron chi connectivity index (χ4n) is 2.18. The summed E-state index contributed by atoms with van der Waals surface area (Å²) in [5.41, 5.74) is 0. The second-order valence-electron chi connectivity index (χ2n) is 4.88. The van der Waals surface area contributed by atoms with Gasteiger partial charge < -0.3 is 10.0 Å². The molecule has 0 spiro atoms. The molecule has 1 aliphatic rings. The van der Waals surface area contributed by atoms with Crippen molar-refractivity contribution in [2.24, 2.45) is 5.92 Å². The molecule has 0 saturated carbocycles. The molecule has 0 radical (unpaired) electrons. The third-order valence-corrected chi connectivity index (χ3v) is 4.18. The van der Waals surface area contributed by atoms with Crippen LogP contribution >= 0.6 is 0 Å². The third-order valence-electron chi connectivity index (χ3n) is 3.23. The van der Waals surface area contributed by atoms with Crippen molar-refractivity contribution in [2.45, 2.75) is 32.2 Å². The topological polar surface area (TPSA) is 91.8 Å². The summed E-state index contributed by atoms with van der Waals surface area (Å²) in [4.78, 5) is 24.3. The van der Waals surface area contributed by atoms with E-state index in [4.69, 9.17) is 5.11 Å². The molecule has 2 atom stereocenters. The number of carboxylic acids is 1. The fourth-order valence-corrected chi connectivity index (χ4v) is 2.73. The van der Waals surface area contributed by atoms with Gasteiger partial charge in [-0.3, -0.25) is 9.59 Å². The van der Waals surface area contributed by atoms with E-state index >= 15 is 0 Å². The number of carboxylic acid groups (broad SMARTS) is 1. The molecule has 1 fully saturated rings. The van der Waals surface area contributed by atoms with Crippen molar-refractivity contribution in [3.8, 4) is 0 Å². The molecular weight excluding hydrogens is 258 g/mol. The molecule has 0 aromatic carbocycles. The molecule has 2 unspecified atom stereocenters. The molecule has 7 heteroatoms. The summed E-state index contributed by atoms with van der Waals surface area (Å²) in [6.45, 7) is 2.19. The van der Waals surface area contributed by atoms with E-state index in [0.717, 1.165) is 6.26 Å². The Balaban J connectivity index is 2.53. The summed E-state index contributed by atoms with van der Waals surface area (Å²) in [5, 5.41) is 8.91. The quantitative estimate of drug-likeness (QED) is 0.788. The van der Waals surface area contributed by atoms with Crippen LogP contribution in [0.2, 0.25) is 0 Å². The number of amides is 1. The Morgan fingerprint density at radius 1 is 1.39 bits per heavy atom. The number of piperidine rings is 1.